The maximum Gasteiger partial charge on any atom is 0.419 e. The van der Waals surface area contributed by atoms with E-state index in [9.17, 15) is 13.2 Å². The Hall–Kier alpha value is -1.80. The van der Waals surface area contributed by atoms with E-state index in [1.54, 1.807) is 0 Å². The number of hydrogen-bond donors (Lipinski definition) is 1. The van der Waals surface area contributed by atoms with Crippen LogP contribution in [0, 0.1) is 0 Å². The monoisotopic (exact) mass is 449 g/mol. The van der Waals surface area contributed by atoms with E-state index in [1.165, 1.54) is 31.4 Å². The first kappa shape index (κ1) is 26.2. The van der Waals surface area contributed by atoms with Crippen molar-refractivity contribution in [3.63, 3.8) is 0 Å². The second-order valence-electron chi connectivity index (χ2n) is 7.08. The summed E-state index contributed by atoms with van der Waals surface area (Å²) in [5, 5.41) is 3.77. The molecule has 30 heavy (non-hydrogen) atoms. The van der Waals surface area contributed by atoms with Gasteiger partial charge in [0.25, 0.3) is 0 Å². The molecule has 0 aliphatic carbocycles. The van der Waals surface area contributed by atoms with E-state index in [1.807, 2.05) is 0 Å². The highest BCUT2D eigenvalue weighted by molar-refractivity contribution is 5.85. The van der Waals surface area contributed by atoms with E-state index in [2.05, 4.69) is 17.1 Å². The molecule has 0 bridgehead atoms. The molecule has 1 aromatic heterocycles. The number of alkyl halides is 3. The Balaban J connectivity index is 0.00000450. The van der Waals surface area contributed by atoms with Gasteiger partial charge in [0.15, 0.2) is 0 Å². The van der Waals surface area contributed by atoms with Crippen LogP contribution in [-0.2, 0) is 12.6 Å². The SMILES string of the molecule is CCCCCCCCCOc1ccc(-c2noc(CCCN)n2)cc1C(F)(F)F.Cl. The molecule has 5 nitrogen and oxygen atoms in total. The van der Waals surface area contributed by atoms with Crippen LogP contribution in [0.4, 0.5) is 13.2 Å². The summed E-state index contributed by atoms with van der Waals surface area (Å²) < 4.78 is 51.0. The minimum absolute atomic E-state index is 0. The molecular formula is C21H31ClF3N3O2. The molecule has 2 rings (SSSR count). The molecule has 0 saturated carbocycles. The number of benzene rings is 1. The number of aryl methyl sites for hydroxylation is 1. The number of ether oxygens (including phenoxy) is 1. The van der Waals surface area contributed by atoms with Crippen LogP contribution in [0.15, 0.2) is 22.7 Å². The first-order chi connectivity index (χ1) is 14.0. The van der Waals surface area contributed by atoms with Crippen molar-refractivity contribution in [2.75, 3.05) is 13.2 Å². The van der Waals surface area contributed by atoms with Gasteiger partial charge in [-0.3, -0.25) is 0 Å². The lowest BCUT2D eigenvalue weighted by Gasteiger charge is -2.14. The summed E-state index contributed by atoms with van der Waals surface area (Å²) in [5.41, 5.74) is 4.85. The zero-order valence-electron chi connectivity index (χ0n) is 17.3. The Bertz CT molecular complexity index is 739. The zero-order valence-corrected chi connectivity index (χ0v) is 18.2. The standard InChI is InChI=1S/C21H30F3N3O2.ClH/c1-2-3-4-5-6-7-8-14-28-18-12-11-16(15-17(18)21(22,23)24)20-26-19(29-27-20)10-9-13-25;/h11-12,15H,2-10,13-14,25H2,1H3;1H. The summed E-state index contributed by atoms with van der Waals surface area (Å²) >= 11 is 0. The lowest BCUT2D eigenvalue weighted by Crippen LogP contribution is -2.10. The van der Waals surface area contributed by atoms with Gasteiger partial charge in [0.2, 0.25) is 11.7 Å². The van der Waals surface area contributed by atoms with E-state index in [-0.39, 0.29) is 36.2 Å². The number of aromatic nitrogens is 2. The fourth-order valence-corrected chi connectivity index (χ4v) is 2.98. The van der Waals surface area contributed by atoms with Crippen molar-refractivity contribution in [3.8, 4) is 17.1 Å². The molecular weight excluding hydrogens is 419 g/mol. The number of halogens is 4. The van der Waals surface area contributed by atoms with E-state index in [0.29, 0.717) is 25.3 Å². The van der Waals surface area contributed by atoms with Crippen LogP contribution in [0.3, 0.4) is 0 Å². The van der Waals surface area contributed by atoms with Gasteiger partial charge in [-0.05, 0) is 37.6 Å². The maximum atomic E-state index is 13.5. The van der Waals surface area contributed by atoms with Gasteiger partial charge in [-0.1, -0.05) is 50.6 Å². The van der Waals surface area contributed by atoms with Crippen molar-refractivity contribution < 1.29 is 22.4 Å². The molecule has 0 aliphatic rings. The Labute approximate surface area is 182 Å². The fraction of sp³-hybridized carbons (Fsp3) is 0.619. The number of nitrogens with zero attached hydrogens (tertiary/aromatic N) is 2. The third kappa shape index (κ3) is 8.52. The highest BCUT2D eigenvalue weighted by atomic mass is 35.5. The summed E-state index contributed by atoms with van der Waals surface area (Å²) in [6.45, 7) is 2.90. The van der Waals surface area contributed by atoms with Crippen LogP contribution in [0.25, 0.3) is 11.4 Å². The quantitative estimate of drug-likeness (QED) is 0.368. The molecule has 2 N–H and O–H groups in total. The van der Waals surface area contributed by atoms with Crippen molar-refractivity contribution >= 4 is 12.4 Å². The molecule has 0 unspecified atom stereocenters. The fourth-order valence-electron chi connectivity index (χ4n) is 2.98. The molecule has 0 fully saturated rings. The van der Waals surface area contributed by atoms with Gasteiger partial charge in [0.1, 0.15) is 5.75 Å². The van der Waals surface area contributed by atoms with Crippen molar-refractivity contribution in [2.45, 2.75) is 70.9 Å². The second-order valence-corrected chi connectivity index (χ2v) is 7.08. The van der Waals surface area contributed by atoms with Gasteiger partial charge < -0.3 is 15.0 Å². The molecule has 0 saturated heterocycles. The average molecular weight is 450 g/mol. The first-order valence-corrected chi connectivity index (χ1v) is 10.3. The van der Waals surface area contributed by atoms with Gasteiger partial charge in [-0.2, -0.15) is 18.2 Å². The molecule has 0 amide bonds. The number of nitrogens with two attached hydrogens (primary N) is 1. The van der Waals surface area contributed by atoms with E-state index >= 15 is 0 Å². The van der Waals surface area contributed by atoms with Crippen LogP contribution in [0.5, 0.6) is 5.75 Å². The second kappa shape index (κ2) is 13.5. The molecule has 2 aromatic rings. The molecule has 9 heteroatoms. The van der Waals surface area contributed by atoms with Crippen molar-refractivity contribution in [2.24, 2.45) is 5.73 Å². The number of rotatable bonds is 13. The van der Waals surface area contributed by atoms with E-state index in [0.717, 1.165) is 31.7 Å². The molecule has 1 aromatic carbocycles. The van der Waals surface area contributed by atoms with Crippen molar-refractivity contribution in [3.05, 3.63) is 29.7 Å². The third-order valence-corrected chi connectivity index (χ3v) is 4.61. The molecule has 0 radical (unpaired) electrons. The van der Waals surface area contributed by atoms with E-state index in [4.69, 9.17) is 15.0 Å². The Kier molecular flexibility index (Phi) is 11.8. The highest BCUT2D eigenvalue weighted by Gasteiger charge is 2.35. The summed E-state index contributed by atoms with van der Waals surface area (Å²) in [5.74, 6) is 0.318. The van der Waals surface area contributed by atoms with Gasteiger partial charge in [0, 0.05) is 12.0 Å². The topological polar surface area (TPSA) is 74.2 Å². The predicted molar refractivity (Wildman–Crippen MR) is 113 cm³/mol. The van der Waals surface area contributed by atoms with Gasteiger partial charge >= 0.3 is 6.18 Å². The Morgan fingerprint density at radius 1 is 1.03 bits per heavy atom. The maximum absolute atomic E-state index is 13.5. The lowest BCUT2D eigenvalue weighted by molar-refractivity contribution is -0.138. The highest BCUT2D eigenvalue weighted by Crippen LogP contribution is 2.38. The third-order valence-electron chi connectivity index (χ3n) is 4.61. The average Bonchev–Trinajstić information content (AvgIpc) is 3.16. The Morgan fingerprint density at radius 3 is 2.40 bits per heavy atom. The van der Waals surface area contributed by atoms with Crippen LogP contribution in [-0.4, -0.2) is 23.3 Å². The molecule has 170 valence electrons. The lowest BCUT2D eigenvalue weighted by atomic mass is 10.1. The molecule has 0 spiro atoms. The summed E-state index contributed by atoms with van der Waals surface area (Å²) in [7, 11) is 0. The number of hydrogen-bond acceptors (Lipinski definition) is 5. The summed E-state index contributed by atoms with van der Waals surface area (Å²) in [6.07, 6.45) is 4.20. The Morgan fingerprint density at radius 2 is 1.73 bits per heavy atom. The smallest absolute Gasteiger partial charge is 0.419 e. The van der Waals surface area contributed by atoms with Crippen LogP contribution in [0.2, 0.25) is 0 Å². The summed E-state index contributed by atoms with van der Waals surface area (Å²) in [4.78, 5) is 4.15. The van der Waals surface area contributed by atoms with Gasteiger partial charge in [-0.25, -0.2) is 0 Å². The van der Waals surface area contributed by atoms with Gasteiger partial charge in [-0.15, -0.1) is 12.4 Å². The predicted octanol–water partition coefficient (Wildman–Crippen LogP) is 6.20. The summed E-state index contributed by atoms with van der Waals surface area (Å²) in [6, 6.07) is 3.86. The van der Waals surface area contributed by atoms with Crippen LogP contribution < -0.4 is 10.5 Å². The van der Waals surface area contributed by atoms with Crippen molar-refractivity contribution in [1.82, 2.24) is 10.1 Å². The van der Waals surface area contributed by atoms with Crippen molar-refractivity contribution in [1.29, 1.82) is 0 Å². The first-order valence-electron chi connectivity index (χ1n) is 10.3. The molecule has 0 atom stereocenters. The van der Waals surface area contributed by atoms with Crippen LogP contribution >= 0.6 is 12.4 Å². The minimum atomic E-state index is -4.53. The largest absolute Gasteiger partial charge is 0.493 e. The minimum Gasteiger partial charge on any atom is -0.493 e. The van der Waals surface area contributed by atoms with Gasteiger partial charge in [0.05, 0.1) is 12.2 Å². The zero-order chi connectivity index (χ0) is 21.1. The molecule has 0 aliphatic heterocycles. The normalized spacial score (nSPS) is 11.4. The molecule has 1 heterocycles. The number of unbranched alkanes of at least 4 members (excludes halogenated alkanes) is 6. The van der Waals surface area contributed by atoms with Crippen LogP contribution in [0.1, 0.15) is 69.7 Å². The van der Waals surface area contributed by atoms with E-state index < -0.39 is 11.7 Å².